The van der Waals surface area contributed by atoms with Gasteiger partial charge in [0.1, 0.15) is 0 Å². The van der Waals surface area contributed by atoms with E-state index in [1.54, 1.807) is 0 Å². The maximum atomic E-state index is 11.7. The van der Waals surface area contributed by atoms with Crippen LogP contribution in [0.3, 0.4) is 0 Å². The zero-order chi connectivity index (χ0) is 16.1. The van der Waals surface area contributed by atoms with Crippen LogP contribution in [0, 0.1) is 18.3 Å². The van der Waals surface area contributed by atoms with Gasteiger partial charge in [-0.3, -0.25) is 4.79 Å². The SMILES string of the molecule is C#CC(=O)/C(C)=C(\CCO[Si](C)(C)C(C)(C)C)C(C)C. The molecular formula is C17H30O2Si. The number of hydrogen-bond acceptors (Lipinski definition) is 2. The minimum absolute atomic E-state index is 0.207. The first-order valence-corrected chi connectivity index (χ1v) is 10.2. The lowest BCUT2D eigenvalue weighted by Gasteiger charge is -2.36. The highest BCUT2D eigenvalue weighted by Crippen LogP contribution is 2.36. The average Bonchev–Trinajstić information content (AvgIpc) is 2.30. The van der Waals surface area contributed by atoms with Crippen LogP contribution in [0.5, 0.6) is 0 Å². The molecule has 0 saturated carbocycles. The lowest BCUT2D eigenvalue weighted by atomic mass is 9.93. The van der Waals surface area contributed by atoms with Crippen LogP contribution in [0.25, 0.3) is 0 Å². The van der Waals surface area contributed by atoms with Crippen LogP contribution in [0.4, 0.5) is 0 Å². The van der Waals surface area contributed by atoms with Gasteiger partial charge in [0.2, 0.25) is 5.78 Å². The maximum absolute atomic E-state index is 11.7. The molecule has 20 heavy (non-hydrogen) atoms. The van der Waals surface area contributed by atoms with Gasteiger partial charge in [-0.05, 0) is 43.3 Å². The Morgan fingerprint density at radius 2 is 1.80 bits per heavy atom. The van der Waals surface area contributed by atoms with Gasteiger partial charge in [-0.15, -0.1) is 6.42 Å². The summed E-state index contributed by atoms with van der Waals surface area (Å²) in [6.07, 6.45) is 5.99. The van der Waals surface area contributed by atoms with Gasteiger partial charge in [0.25, 0.3) is 0 Å². The normalized spacial score (nSPS) is 14.0. The Labute approximate surface area is 126 Å². The fourth-order valence-corrected chi connectivity index (χ4v) is 2.84. The molecule has 0 amide bonds. The molecule has 3 heteroatoms. The summed E-state index contributed by atoms with van der Waals surface area (Å²) in [7, 11) is -1.72. The van der Waals surface area contributed by atoms with Crippen LogP contribution in [0.15, 0.2) is 11.1 Å². The quantitative estimate of drug-likeness (QED) is 0.310. The molecule has 0 bridgehead atoms. The van der Waals surface area contributed by atoms with Crippen molar-refractivity contribution >= 4 is 14.1 Å². The number of carbonyl (C=O) groups is 1. The standard InChI is InChI=1S/C17H30O2Si/c1-10-16(18)14(4)15(13(2)3)11-12-19-20(8,9)17(5,6)7/h1,13H,11-12H2,2-9H3/b15-14+. The van der Waals surface area contributed by atoms with Gasteiger partial charge in [0.05, 0.1) is 0 Å². The van der Waals surface area contributed by atoms with Gasteiger partial charge in [0.15, 0.2) is 8.32 Å². The molecule has 0 atom stereocenters. The van der Waals surface area contributed by atoms with E-state index in [9.17, 15) is 4.79 Å². The summed E-state index contributed by atoms with van der Waals surface area (Å²) in [4.78, 5) is 11.7. The zero-order valence-corrected chi connectivity index (χ0v) is 15.4. The van der Waals surface area contributed by atoms with Crippen LogP contribution < -0.4 is 0 Å². The predicted octanol–water partition coefficient (Wildman–Crippen LogP) is 4.57. The van der Waals surface area contributed by atoms with E-state index in [0.717, 1.165) is 12.0 Å². The highest BCUT2D eigenvalue weighted by Gasteiger charge is 2.36. The molecule has 0 aliphatic heterocycles. The van der Waals surface area contributed by atoms with E-state index in [4.69, 9.17) is 10.8 Å². The molecule has 0 spiro atoms. The molecule has 2 nitrogen and oxygen atoms in total. The summed E-state index contributed by atoms with van der Waals surface area (Å²) in [6.45, 7) is 17.8. The van der Waals surface area contributed by atoms with Crippen molar-refractivity contribution in [1.82, 2.24) is 0 Å². The van der Waals surface area contributed by atoms with Crippen molar-refractivity contribution in [2.75, 3.05) is 6.61 Å². The van der Waals surface area contributed by atoms with E-state index in [1.807, 2.05) is 6.92 Å². The molecule has 0 unspecified atom stereocenters. The number of hydrogen-bond donors (Lipinski definition) is 0. The maximum Gasteiger partial charge on any atom is 0.231 e. The first-order chi connectivity index (χ1) is 8.94. The molecule has 0 heterocycles. The molecule has 0 saturated heterocycles. The zero-order valence-electron chi connectivity index (χ0n) is 14.4. The Bertz CT molecular complexity index is 417. The molecule has 0 radical (unpaired) electrons. The molecule has 0 aliphatic carbocycles. The van der Waals surface area contributed by atoms with Crippen molar-refractivity contribution in [1.29, 1.82) is 0 Å². The number of allylic oxidation sites excluding steroid dienone is 1. The molecular weight excluding hydrogens is 264 g/mol. The molecule has 0 aromatic carbocycles. The third kappa shape index (κ3) is 5.26. The highest BCUT2D eigenvalue weighted by molar-refractivity contribution is 6.74. The van der Waals surface area contributed by atoms with Gasteiger partial charge < -0.3 is 4.43 Å². The van der Waals surface area contributed by atoms with Gasteiger partial charge in [-0.25, -0.2) is 0 Å². The lowest BCUT2D eigenvalue weighted by Crippen LogP contribution is -2.41. The molecule has 0 aromatic rings. The number of terminal acetylenes is 1. The van der Waals surface area contributed by atoms with Gasteiger partial charge >= 0.3 is 0 Å². The smallest absolute Gasteiger partial charge is 0.231 e. The Morgan fingerprint density at radius 1 is 1.30 bits per heavy atom. The van der Waals surface area contributed by atoms with Crippen LogP contribution in [-0.4, -0.2) is 20.7 Å². The first kappa shape index (κ1) is 19.1. The summed E-state index contributed by atoms with van der Waals surface area (Å²) in [6, 6.07) is 0. The summed E-state index contributed by atoms with van der Waals surface area (Å²) in [5, 5.41) is 0.207. The van der Waals surface area contributed by atoms with Crippen molar-refractivity contribution in [3.63, 3.8) is 0 Å². The van der Waals surface area contributed by atoms with Gasteiger partial charge in [0, 0.05) is 12.2 Å². The average molecular weight is 295 g/mol. The van der Waals surface area contributed by atoms with E-state index < -0.39 is 8.32 Å². The van der Waals surface area contributed by atoms with E-state index in [1.165, 1.54) is 0 Å². The van der Waals surface area contributed by atoms with Gasteiger partial charge in [-0.2, -0.15) is 0 Å². The van der Waals surface area contributed by atoms with Crippen LogP contribution >= 0.6 is 0 Å². The van der Waals surface area contributed by atoms with Crippen molar-refractivity contribution in [2.45, 2.75) is 66.1 Å². The van der Waals surface area contributed by atoms with Crippen molar-refractivity contribution < 1.29 is 9.22 Å². The van der Waals surface area contributed by atoms with Gasteiger partial charge in [-0.1, -0.05) is 40.2 Å². The minimum Gasteiger partial charge on any atom is -0.417 e. The number of rotatable bonds is 6. The number of Topliss-reactive ketones (excluding diaryl/α,β-unsaturated/α-hetero) is 1. The number of carbonyl (C=O) groups excluding carboxylic acids is 1. The second-order valence-corrected chi connectivity index (χ2v) is 11.9. The summed E-state index contributed by atoms with van der Waals surface area (Å²) in [5.41, 5.74) is 1.83. The fourth-order valence-electron chi connectivity index (χ4n) is 1.80. The summed E-state index contributed by atoms with van der Waals surface area (Å²) in [5.74, 6) is 2.31. The Hall–Kier alpha value is -0.853. The lowest BCUT2D eigenvalue weighted by molar-refractivity contribution is -0.110. The third-order valence-corrected chi connectivity index (χ3v) is 8.83. The largest absolute Gasteiger partial charge is 0.417 e. The molecule has 0 aliphatic rings. The van der Waals surface area contributed by atoms with E-state index in [-0.39, 0.29) is 10.8 Å². The second kappa shape index (κ2) is 7.24. The topological polar surface area (TPSA) is 26.3 Å². The summed E-state index contributed by atoms with van der Waals surface area (Å²) >= 11 is 0. The van der Waals surface area contributed by atoms with E-state index >= 15 is 0 Å². The van der Waals surface area contributed by atoms with Crippen molar-refractivity contribution in [2.24, 2.45) is 5.92 Å². The Morgan fingerprint density at radius 3 is 2.15 bits per heavy atom. The van der Waals surface area contributed by atoms with Crippen molar-refractivity contribution in [3.8, 4) is 12.3 Å². The van der Waals surface area contributed by atoms with E-state index in [0.29, 0.717) is 18.1 Å². The predicted molar refractivity (Wildman–Crippen MR) is 89.1 cm³/mol. The molecule has 0 N–H and O–H groups in total. The van der Waals surface area contributed by atoms with E-state index in [2.05, 4.69) is 53.6 Å². The third-order valence-electron chi connectivity index (χ3n) is 4.29. The molecule has 0 rings (SSSR count). The second-order valence-electron chi connectivity index (χ2n) is 7.14. The van der Waals surface area contributed by atoms with Crippen LogP contribution in [-0.2, 0) is 9.22 Å². The minimum atomic E-state index is -1.72. The van der Waals surface area contributed by atoms with Crippen molar-refractivity contribution in [3.05, 3.63) is 11.1 Å². The Kier molecular flexibility index (Phi) is 6.93. The Balaban J connectivity index is 4.86. The molecule has 0 fully saturated rings. The van der Waals surface area contributed by atoms with Crippen LogP contribution in [0.2, 0.25) is 18.1 Å². The highest BCUT2D eigenvalue weighted by atomic mass is 28.4. The summed E-state index contributed by atoms with van der Waals surface area (Å²) < 4.78 is 6.18. The molecule has 0 aromatic heterocycles. The monoisotopic (exact) mass is 294 g/mol. The fraction of sp³-hybridized carbons (Fsp3) is 0.706. The number of ketones is 1. The van der Waals surface area contributed by atoms with Crippen LogP contribution in [0.1, 0.15) is 48.0 Å². The first-order valence-electron chi connectivity index (χ1n) is 7.28. The molecule has 114 valence electrons.